The normalized spacial score (nSPS) is 10.7. The van der Waals surface area contributed by atoms with Crippen LogP contribution in [0.4, 0.5) is 53.5 Å². The standard InChI is InChI=1S/C21H38N18O/c22-13-31-14(23)33-17(32-13)26-7-1-2-8-27-18-34-15(24)35-19(38-18)28-9-3-4-10-29-20-36-16(25)37-21(39-20)30-11-5-6-12-40/h40H,1-12H2,(H5,22,23,26,31,32,33)(H4,24,27,28,34,35,38)(H4,25,29,30,36,37,39). The van der Waals surface area contributed by atoms with Gasteiger partial charge in [0.05, 0.1) is 0 Å². The van der Waals surface area contributed by atoms with E-state index in [1.165, 1.54) is 0 Å². The molecule has 40 heavy (non-hydrogen) atoms. The summed E-state index contributed by atoms with van der Waals surface area (Å²) in [5.41, 5.74) is 22.7. The van der Waals surface area contributed by atoms with Crippen LogP contribution in [-0.4, -0.2) is 89.3 Å². The van der Waals surface area contributed by atoms with Crippen LogP contribution in [0.3, 0.4) is 0 Å². The molecule has 19 heteroatoms. The number of nitrogens with two attached hydrogens (primary N) is 4. The molecule has 0 fully saturated rings. The van der Waals surface area contributed by atoms with Crippen molar-refractivity contribution in [2.75, 3.05) is 88.8 Å². The maximum atomic E-state index is 8.86. The third kappa shape index (κ3) is 11.3. The summed E-state index contributed by atoms with van der Waals surface area (Å²) in [5.74, 6) is 2.36. The second-order valence-electron chi connectivity index (χ2n) is 8.54. The van der Waals surface area contributed by atoms with Gasteiger partial charge in [-0.3, -0.25) is 0 Å². The van der Waals surface area contributed by atoms with Crippen LogP contribution in [0.2, 0.25) is 0 Å². The summed E-state index contributed by atoms with van der Waals surface area (Å²) in [5, 5.41) is 24.5. The van der Waals surface area contributed by atoms with Crippen LogP contribution >= 0.6 is 0 Å². The van der Waals surface area contributed by atoms with Crippen molar-refractivity contribution in [1.29, 1.82) is 0 Å². The van der Waals surface area contributed by atoms with E-state index in [0.717, 1.165) is 32.1 Å². The molecule has 0 aromatic carbocycles. The molecule has 218 valence electrons. The number of aromatic nitrogens is 9. The van der Waals surface area contributed by atoms with Crippen LogP contribution in [-0.2, 0) is 0 Å². The van der Waals surface area contributed by atoms with E-state index in [0.29, 0.717) is 68.9 Å². The first-order valence-electron chi connectivity index (χ1n) is 13.0. The van der Waals surface area contributed by atoms with Gasteiger partial charge in [0, 0.05) is 39.3 Å². The molecule has 0 atom stereocenters. The predicted octanol–water partition coefficient (Wildman–Crippen LogP) is -0.637. The lowest BCUT2D eigenvalue weighted by Crippen LogP contribution is -2.15. The maximum absolute atomic E-state index is 8.86. The third-order valence-corrected chi connectivity index (χ3v) is 5.18. The lowest BCUT2D eigenvalue weighted by Gasteiger charge is -2.10. The summed E-state index contributed by atoms with van der Waals surface area (Å²) in [4.78, 5) is 36.8. The number of hydrogen-bond acceptors (Lipinski definition) is 19. The van der Waals surface area contributed by atoms with E-state index in [1.54, 1.807) is 0 Å². The number of aliphatic hydroxyl groups is 1. The fraction of sp³-hybridized carbons (Fsp3) is 0.571. The first-order valence-corrected chi connectivity index (χ1v) is 13.0. The maximum Gasteiger partial charge on any atom is 0.229 e. The van der Waals surface area contributed by atoms with Gasteiger partial charge in [-0.15, -0.1) is 0 Å². The molecule has 0 saturated carbocycles. The van der Waals surface area contributed by atoms with Crippen molar-refractivity contribution < 1.29 is 5.11 Å². The average molecular weight is 559 g/mol. The van der Waals surface area contributed by atoms with E-state index in [-0.39, 0.29) is 30.4 Å². The molecule has 0 unspecified atom stereocenters. The van der Waals surface area contributed by atoms with E-state index < -0.39 is 0 Å². The van der Waals surface area contributed by atoms with Gasteiger partial charge in [-0.25, -0.2) is 0 Å². The first kappa shape index (κ1) is 29.7. The Labute approximate surface area is 231 Å². The van der Waals surface area contributed by atoms with Crippen molar-refractivity contribution in [2.24, 2.45) is 0 Å². The smallest absolute Gasteiger partial charge is 0.229 e. The Balaban J connectivity index is 1.30. The topological polar surface area (TPSA) is 300 Å². The average Bonchev–Trinajstić information content (AvgIpc) is 2.89. The molecule has 3 aromatic rings. The van der Waals surface area contributed by atoms with E-state index >= 15 is 0 Å². The zero-order chi connectivity index (χ0) is 28.6. The molecule has 0 aliphatic rings. The highest BCUT2D eigenvalue weighted by molar-refractivity contribution is 5.41. The van der Waals surface area contributed by atoms with Crippen molar-refractivity contribution in [2.45, 2.75) is 38.5 Å². The summed E-state index contributed by atoms with van der Waals surface area (Å²) in [7, 11) is 0. The van der Waals surface area contributed by atoms with Gasteiger partial charge >= 0.3 is 0 Å². The highest BCUT2D eigenvalue weighted by atomic mass is 16.2. The molecule has 3 rings (SSSR count). The lowest BCUT2D eigenvalue weighted by molar-refractivity contribution is 0.286. The monoisotopic (exact) mass is 558 g/mol. The third-order valence-electron chi connectivity index (χ3n) is 5.18. The van der Waals surface area contributed by atoms with Crippen molar-refractivity contribution in [3.8, 4) is 0 Å². The Bertz CT molecular complexity index is 1160. The van der Waals surface area contributed by atoms with Gasteiger partial charge in [-0.05, 0) is 38.5 Å². The second-order valence-corrected chi connectivity index (χ2v) is 8.54. The van der Waals surface area contributed by atoms with E-state index in [4.69, 9.17) is 28.0 Å². The molecule has 0 aliphatic carbocycles. The number of nitrogens with zero attached hydrogens (tertiary/aromatic N) is 9. The van der Waals surface area contributed by atoms with E-state index in [1.807, 2.05) is 0 Å². The summed E-state index contributed by atoms with van der Waals surface area (Å²) < 4.78 is 0. The van der Waals surface area contributed by atoms with Crippen LogP contribution < -0.4 is 49.5 Å². The molecule has 0 aliphatic heterocycles. The van der Waals surface area contributed by atoms with Gasteiger partial charge in [0.15, 0.2) is 0 Å². The highest BCUT2D eigenvalue weighted by Gasteiger charge is 2.06. The minimum Gasteiger partial charge on any atom is -0.396 e. The van der Waals surface area contributed by atoms with Crippen LogP contribution in [0.25, 0.3) is 0 Å². The fourth-order valence-electron chi connectivity index (χ4n) is 3.33. The number of unbranched alkanes of at least 4 members (excludes halogenated alkanes) is 3. The minimum absolute atomic E-state index is 0.0732. The molecule has 19 nitrogen and oxygen atoms in total. The molecular formula is C21H38N18O. The van der Waals surface area contributed by atoms with Gasteiger partial charge in [0.2, 0.25) is 53.5 Å². The minimum atomic E-state index is 0.0732. The van der Waals surface area contributed by atoms with Crippen LogP contribution in [0.5, 0.6) is 0 Å². The van der Waals surface area contributed by atoms with Crippen LogP contribution in [0, 0.1) is 0 Å². The number of nitrogen functional groups attached to an aromatic ring is 4. The molecular weight excluding hydrogens is 520 g/mol. The molecule has 14 N–H and O–H groups in total. The molecule has 0 amide bonds. The summed E-state index contributed by atoms with van der Waals surface area (Å²) in [6.07, 6.45) is 4.84. The number of hydrogen-bond donors (Lipinski definition) is 10. The molecule has 3 aromatic heterocycles. The number of nitrogens with one attached hydrogen (secondary N) is 5. The largest absolute Gasteiger partial charge is 0.396 e. The molecule has 0 saturated heterocycles. The van der Waals surface area contributed by atoms with Gasteiger partial charge in [-0.2, -0.15) is 44.9 Å². The lowest BCUT2D eigenvalue weighted by atomic mass is 10.3. The van der Waals surface area contributed by atoms with Crippen LogP contribution in [0.15, 0.2) is 0 Å². The number of aliphatic hydroxyl groups excluding tert-OH is 1. The Hall–Kier alpha value is -4.81. The van der Waals surface area contributed by atoms with Crippen molar-refractivity contribution in [3.05, 3.63) is 0 Å². The summed E-state index contributed by atoms with van der Waals surface area (Å²) in [6, 6.07) is 0. The Morgan fingerprint density at radius 2 is 0.625 bits per heavy atom. The SMILES string of the molecule is Nc1nc(N)nc(NCCCCNc2nc(N)nc(NCCCCNc3nc(N)nc(NCCCCO)n3)n2)n1. The van der Waals surface area contributed by atoms with E-state index in [9.17, 15) is 0 Å². The molecule has 3 heterocycles. The van der Waals surface area contributed by atoms with Gasteiger partial charge in [-0.1, -0.05) is 0 Å². The van der Waals surface area contributed by atoms with Gasteiger partial charge in [0.1, 0.15) is 0 Å². The zero-order valence-corrected chi connectivity index (χ0v) is 22.3. The fourth-order valence-corrected chi connectivity index (χ4v) is 3.33. The molecule has 0 radical (unpaired) electrons. The predicted molar refractivity (Wildman–Crippen MR) is 154 cm³/mol. The summed E-state index contributed by atoms with van der Waals surface area (Å²) in [6.45, 7) is 3.35. The first-order chi connectivity index (χ1) is 19.4. The van der Waals surface area contributed by atoms with E-state index in [2.05, 4.69) is 71.4 Å². The van der Waals surface area contributed by atoms with Gasteiger partial charge in [0.25, 0.3) is 0 Å². The summed E-state index contributed by atoms with van der Waals surface area (Å²) >= 11 is 0. The number of anilines is 9. The Kier molecular flexibility index (Phi) is 12.1. The zero-order valence-electron chi connectivity index (χ0n) is 22.3. The van der Waals surface area contributed by atoms with Crippen LogP contribution in [0.1, 0.15) is 38.5 Å². The molecule has 0 bridgehead atoms. The Morgan fingerprint density at radius 3 is 0.925 bits per heavy atom. The van der Waals surface area contributed by atoms with Crippen molar-refractivity contribution in [3.63, 3.8) is 0 Å². The molecule has 0 spiro atoms. The quantitative estimate of drug-likeness (QED) is 0.0818. The van der Waals surface area contributed by atoms with Crippen molar-refractivity contribution in [1.82, 2.24) is 44.9 Å². The Morgan fingerprint density at radius 1 is 0.375 bits per heavy atom. The van der Waals surface area contributed by atoms with Crippen molar-refractivity contribution >= 4 is 53.5 Å². The van der Waals surface area contributed by atoms with Gasteiger partial charge < -0.3 is 54.6 Å². The highest BCUT2D eigenvalue weighted by Crippen LogP contribution is 2.10. The second kappa shape index (κ2) is 16.2. The number of rotatable bonds is 19.